The first-order chi connectivity index (χ1) is 15.5. The highest BCUT2D eigenvalue weighted by Gasteiger charge is 2.21. The van der Waals surface area contributed by atoms with E-state index in [0.717, 1.165) is 52.8 Å². The molecule has 0 bridgehead atoms. The van der Waals surface area contributed by atoms with Gasteiger partial charge in [-0.15, -0.1) is 0 Å². The van der Waals surface area contributed by atoms with Crippen molar-refractivity contribution in [3.8, 4) is 11.3 Å². The summed E-state index contributed by atoms with van der Waals surface area (Å²) < 4.78 is 0.974. The average molecular weight is 445 g/mol. The summed E-state index contributed by atoms with van der Waals surface area (Å²) in [5.41, 5.74) is 3.47. The summed E-state index contributed by atoms with van der Waals surface area (Å²) in [5.74, 6) is 1.47. The van der Waals surface area contributed by atoms with Crippen LogP contribution in [0.2, 0.25) is 0 Å². The zero-order valence-electron chi connectivity index (χ0n) is 18.1. The van der Waals surface area contributed by atoms with Gasteiger partial charge in [0, 0.05) is 43.4 Å². The first-order valence-corrected chi connectivity index (χ1v) is 11.4. The van der Waals surface area contributed by atoms with E-state index in [9.17, 15) is 4.79 Å². The summed E-state index contributed by atoms with van der Waals surface area (Å²) >= 11 is 1.52. The van der Waals surface area contributed by atoms with E-state index in [2.05, 4.69) is 32.2 Å². The monoisotopic (exact) mass is 444 g/mol. The van der Waals surface area contributed by atoms with Gasteiger partial charge in [0.25, 0.3) is 5.91 Å². The Morgan fingerprint density at radius 3 is 2.53 bits per heavy atom. The fraction of sp³-hybridized carbons (Fsp3) is 0.250. The van der Waals surface area contributed by atoms with Crippen LogP contribution >= 0.6 is 11.3 Å². The Labute approximate surface area is 190 Å². The van der Waals surface area contributed by atoms with Crippen LogP contribution in [0.15, 0.2) is 54.6 Å². The predicted octanol–water partition coefficient (Wildman–Crippen LogP) is 4.19. The number of benzene rings is 2. The van der Waals surface area contributed by atoms with Crippen molar-refractivity contribution in [2.45, 2.75) is 6.92 Å². The molecule has 0 spiro atoms. The van der Waals surface area contributed by atoms with Crippen molar-refractivity contribution < 1.29 is 4.79 Å². The third-order valence-electron chi connectivity index (χ3n) is 5.57. The molecule has 1 saturated heterocycles. The van der Waals surface area contributed by atoms with Crippen LogP contribution in [0.1, 0.15) is 16.2 Å². The Morgan fingerprint density at radius 1 is 0.969 bits per heavy atom. The molecule has 32 heavy (non-hydrogen) atoms. The smallest absolute Gasteiger partial charge is 0.253 e. The normalized spacial score (nSPS) is 14.6. The lowest BCUT2D eigenvalue weighted by Gasteiger charge is -2.32. The zero-order chi connectivity index (χ0) is 22.1. The van der Waals surface area contributed by atoms with E-state index in [-0.39, 0.29) is 5.91 Å². The number of aromatic nitrogens is 3. The molecule has 7 nitrogen and oxygen atoms in total. The van der Waals surface area contributed by atoms with E-state index in [0.29, 0.717) is 17.2 Å². The number of rotatable bonds is 4. The fourth-order valence-corrected chi connectivity index (χ4v) is 4.71. The Morgan fingerprint density at radius 2 is 1.75 bits per heavy atom. The highest BCUT2D eigenvalue weighted by atomic mass is 32.1. The van der Waals surface area contributed by atoms with Crippen LogP contribution in [0.3, 0.4) is 0 Å². The molecule has 2 aromatic carbocycles. The van der Waals surface area contributed by atoms with Crippen LogP contribution in [0, 0.1) is 6.92 Å². The number of anilines is 2. The van der Waals surface area contributed by atoms with Gasteiger partial charge in [0.2, 0.25) is 0 Å². The van der Waals surface area contributed by atoms with Gasteiger partial charge in [-0.1, -0.05) is 41.7 Å². The summed E-state index contributed by atoms with van der Waals surface area (Å²) in [7, 11) is 2.08. The molecule has 5 rings (SSSR count). The van der Waals surface area contributed by atoms with Crippen LogP contribution in [0.25, 0.3) is 21.5 Å². The molecule has 0 aliphatic carbocycles. The van der Waals surface area contributed by atoms with Gasteiger partial charge in [-0.2, -0.15) is 0 Å². The molecule has 8 heteroatoms. The first kappa shape index (κ1) is 20.5. The van der Waals surface area contributed by atoms with Gasteiger partial charge in [-0.3, -0.25) is 4.79 Å². The lowest BCUT2D eigenvalue weighted by molar-refractivity contribution is 0.0664. The second kappa shape index (κ2) is 8.64. The molecule has 0 unspecified atom stereocenters. The van der Waals surface area contributed by atoms with Crippen molar-refractivity contribution in [1.82, 2.24) is 24.8 Å². The van der Waals surface area contributed by atoms with Crippen molar-refractivity contribution in [3.05, 3.63) is 66.0 Å². The van der Waals surface area contributed by atoms with Gasteiger partial charge in [-0.05, 0) is 32.2 Å². The minimum atomic E-state index is 0.0850. The van der Waals surface area contributed by atoms with E-state index in [4.69, 9.17) is 0 Å². The zero-order valence-corrected chi connectivity index (χ0v) is 18.9. The van der Waals surface area contributed by atoms with E-state index in [1.165, 1.54) is 11.3 Å². The maximum Gasteiger partial charge on any atom is 0.253 e. The largest absolute Gasteiger partial charge is 0.336 e. The molecule has 1 amide bonds. The molecule has 1 N–H and O–H groups in total. The maximum absolute atomic E-state index is 12.9. The predicted molar refractivity (Wildman–Crippen MR) is 129 cm³/mol. The standard InChI is InChI=1S/C24H24N6OS/c1-16-25-20(17-6-4-3-5-7-17)15-22(26-16)28-24-27-19-9-8-18(14-21(19)32-24)23(31)30-12-10-29(2)11-13-30/h3-9,14-15H,10-13H2,1-2H3,(H,25,26,27,28). The molecule has 3 heterocycles. The fourth-order valence-electron chi connectivity index (χ4n) is 3.80. The number of piperazine rings is 1. The average Bonchev–Trinajstić information content (AvgIpc) is 3.20. The molecule has 0 radical (unpaired) electrons. The number of nitrogens with one attached hydrogen (secondary N) is 1. The van der Waals surface area contributed by atoms with E-state index >= 15 is 0 Å². The molecule has 0 saturated carbocycles. The molecule has 2 aromatic heterocycles. The third-order valence-corrected chi connectivity index (χ3v) is 6.50. The molecule has 1 fully saturated rings. The molecule has 0 atom stereocenters. The minimum Gasteiger partial charge on any atom is -0.336 e. The van der Waals surface area contributed by atoms with Gasteiger partial charge < -0.3 is 15.1 Å². The topological polar surface area (TPSA) is 74.2 Å². The summed E-state index contributed by atoms with van der Waals surface area (Å²) in [6.45, 7) is 5.23. The van der Waals surface area contributed by atoms with Crippen molar-refractivity contribution in [3.63, 3.8) is 0 Å². The van der Waals surface area contributed by atoms with Crippen LogP contribution < -0.4 is 5.32 Å². The van der Waals surface area contributed by atoms with Gasteiger partial charge in [0.15, 0.2) is 5.13 Å². The van der Waals surface area contributed by atoms with E-state index < -0.39 is 0 Å². The number of hydrogen-bond acceptors (Lipinski definition) is 7. The number of nitrogens with zero attached hydrogens (tertiary/aromatic N) is 5. The third kappa shape index (κ3) is 4.32. The quantitative estimate of drug-likeness (QED) is 0.509. The number of likely N-dealkylation sites (N-methyl/N-ethyl adjacent to an activating group) is 1. The lowest BCUT2D eigenvalue weighted by Crippen LogP contribution is -2.47. The summed E-state index contributed by atoms with van der Waals surface area (Å²) in [6.07, 6.45) is 0. The lowest BCUT2D eigenvalue weighted by atomic mass is 10.1. The van der Waals surface area contributed by atoms with Gasteiger partial charge in [0.05, 0.1) is 15.9 Å². The Hall–Kier alpha value is -3.36. The van der Waals surface area contributed by atoms with Crippen molar-refractivity contribution in [2.75, 3.05) is 38.5 Å². The highest BCUT2D eigenvalue weighted by Crippen LogP contribution is 2.30. The molecular weight excluding hydrogens is 420 g/mol. The Bertz CT molecular complexity index is 1260. The second-order valence-electron chi connectivity index (χ2n) is 7.97. The number of carbonyl (C=O) groups excluding carboxylic acids is 1. The number of hydrogen-bond donors (Lipinski definition) is 1. The number of aryl methyl sites for hydroxylation is 1. The summed E-state index contributed by atoms with van der Waals surface area (Å²) in [6, 6.07) is 17.7. The van der Waals surface area contributed by atoms with Crippen molar-refractivity contribution in [1.29, 1.82) is 0 Å². The van der Waals surface area contributed by atoms with E-state index in [1.807, 2.05) is 66.4 Å². The maximum atomic E-state index is 12.9. The van der Waals surface area contributed by atoms with Gasteiger partial charge in [0.1, 0.15) is 11.6 Å². The molecule has 4 aromatic rings. The molecule has 1 aliphatic rings. The Balaban J connectivity index is 1.38. The van der Waals surface area contributed by atoms with Crippen LogP contribution in [0.5, 0.6) is 0 Å². The van der Waals surface area contributed by atoms with Crippen molar-refractivity contribution >= 4 is 38.4 Å². The second-order valence-corrected chi connectivity index (χ2v) is 9.00. The van der Waals surface area contributed by atoms with Crippen molar-refractivity contribution in [2.24, 2.45) is 0 Å². The number of amides is 1. The number of carbonyl (C=O) groups is 1. The molecule has 1 aliphatic heterocycles. The molecular formula is C24H24N6OS. The van der Waals surface area contributed by atoms with E-state index in [1.54, 1.807) is 0 Å². The SMILES string of the molecule is Cc1nc(Nc2nc3ccc(C(=O)N4CCN(C)CC4)cc3s2)cc(-c2ccccc2)n1. The van der Waals surface area contributed by atoms with Gasteiger partial charge in [-0.25, -0.2) is 15.0 Å². The number of fused-ring (bicyclic) bond motifs is 1. The van der Waals surface area contributed by atoms with Gasteiger partial charge >= 0.3 is 0 Å². The first-order valence-electron chi connectivity index (χ1n) is 10.6. The molecule has 162 valence electrons. The van der Waals surface area contributed by atoms with Crippen LogP contribution in [-0.2, 0) is 0 Å². The minimum absolute atomic E-state index is 0.0850. The van der Waals surface area contributed by atoms with Crippen LogP contribution in [0.4, 0.5) is 10.9 Å². The van der Waals surface area contributed by atoms with Crippen LogP contribution in [-0.4, -0.2) is 63.9 Å². The summed E-state index contributed by atoms with van der Waals surface area (Å²) in [5, 5.41) is 4.05. The Kier molecular flexibility index (Phi) is 5.55. The highest BCUT2D eigenvalue weighted by molar-refractivity contribution is 7.22. The summed E-state index contributed by atoms with van der Waals surface area (Å²) in [4.78, 5) is 30.8. The number of thiazole rings is 1.